The molecule has 1 heterocycles. The molecule has 16 heavy (non-hydrogen) atoms. The van der Waals surface area contributed by atoms with Gasteiger partial charge in [-0.25, -0.2) is 4.98 Å². The highest BCUT2D eigenvalue weighted by molar-refractivity contribution is 5.75. The lowest BCUT2D eigenvalue weighted by atomic mass is 10.2. The van der Waals surface area contributed by atoms with Crippen molar-refractivity contribution in [3.8, 4) is 0 Å². The third-order valence-electron chi connectivity index (χ3n) is 2.23. The second-order valence-electron chi connectivity index (χ2n) is 3.86. The second kappa shape index (κ2) is 6.27. The predicted molar refractivity (Wildman–Crippen MR) is 60.8 cm³/mol. The molecule has 0 aliphatic heterocycles. The standard InChI is InChI=1S/C11H19N3O2/c1-3-4-5-16-11(15)10(12)6-9-7-14(2)8-13-9/h7-8,10H,3-6,12H2,1-2H3/t10-/m0/s1. The van der Waals surface area contributed by atoms with Gasteiger partial charge >= 0.3 is 5.97 Å². The van der Waals surface area contributed by atoms with E-state index < -0.39 is 6.04 Å². The molecule has 0 aromatic carbocycles. The molecule has 0 saturated heterocycles. The van der Waals surface area contributed by atoms with Crippen molar-refractivity contribution in [1.82, 2.24) is 9.55 Å². The van der Waals surface area contributed by atoms with Gasteiger partial charge in [-0.05, 0) is 6.42 Å². The third kappa shape index (κ3) is 4.02. The van der Waals surface area contributed by atoms with Gasteiger partial charge in [0, 0.05) is 19.7 Å². The number of imidazole rings is 1. The van der Waals surface area contributed by atoms with Crippen LogP contribution in [0.3, 0.4) is 0 Å². The van der Waals surface area contributed by atoms with Gasteiger partial charge in [-0.1, -0.05) is 13.3 Å². The van der Waals surface area contributed by atoms with E-state index in [2.05, 4.69) is 4.98 Å². The van der Waals surface area contributed by atoms with Gasteiger partial charge in [0.1, 0.15) is 6.04 Å². The highest BCUT2D eigenvalue weighted by Gasteiger charge is 2.16. The summed E-state index contributed by atoms with van der Waals surface area (Å²) in [5.74, 6) is -0.348. The van der Waals surface area contributed by atoms with E-state index in [1.165, 1.54) is 0 Å². The fourth-order valence-electron chi connectivity index (χ4n) is 1.31. The maximum absolute atomic E-state index is 11.4. The fourth-order valence-corrected chi connectivity index (χ4v) is 1.31. The molecule has 0 aliphatic carbocycles. The summed E-state index contributed by atoms with van der Waals surface area (Å²) in [5, 5.41) is 0. The maximum atomic E-state index is 11.4. The summed E-state index contributed by atoms with van der Waals surface area (Å²) in [6, 6.07) is -0.619. The number of nitrogens with zero attached hydrogens (tertiary/aromatic N) is 2. The highest BCUT2D eigenvalue weighted by atomic mass is 16.5. The van der Waals surface area contributed by atoms with E-state index >= 15 is 0 Å². The van der Waals surface area contributed by atoms with Crippen LogP contribution in [0.4, 0.5) is 0 Å². The van der Waals surface area contributed by atoms with E-state index in [4.69, 9.17) is 10.5 Å². The van der Waals surface area contributed by atoms with Crippen LogP contribution >= 0.6 is 0 Å². The number of esters is 1. The minimum atomic E-state index is -0.619. The van der Waals surface area contributed by atoms with Crippen LogP contribution in [0.5, 0.6) is 0 Å². The molecule has 5 nitrogen and oxygen atoms in total. The Morgan fingerprint density at radius 2 is 2.44 bits per heavy atom. The van der Waals surface area contributed by atoms with Gasteiger partial charge in [-0.2, -0.15) is 0 Å². The number of carbonyl (C=O) groups is 1. The lowest BCUT2D eigenvalue weighted by Gasteiger charge is -2.09. The topological polar surface area (TPSA) is 70.1 Å². The molecular formula is C11H19N3O2. The Bertz CT molecular complexity index is 336. The lowest BCUT2D eigenvalue weighted by molar-refractivity contribution is -0.145. The van der Waals surface area contributed by atoms with E-state index in [9.17, 15) is 4.79 Å². The number of rotatable bonds is 6. The van der Waals surface area contributed by atoms with Gasteiger partial charge in [0.2, 0.25) is 0 Å². The fraction of sp³-hybridized carbons (Fsp3) is 0.636. The van der Waals surface area contributed by atoms with Crippen LogP contribution in [0.2, 0.25) is 0 Å². The van der Waals surface area contributed by atoms with Crippen LogP contribution in [0.25, 0.3) is 0 Å². The molecule has 90 valence electrons. The Labute approximate surface area is 95.6 Å². The van der Waals surface area contributed by atoms with Crippen molar-refractivity contribution in [2.24, 2.45) is 12.8 Å². The Hall–Kier alpha value is -1.36. The minimum Gasteiger partial charge on any atom is -0.465 e. The second-order valence-corrected chi connectivity index (χ2v) is 3.86. The van der Waals surface area contributed by atoms with Crippen LogP contribution < -0.4 is 5.73 Å². The Kier molecular flexibility index (Phi) is 4.98. The number of hydrogen-bond donors (Lipinski definition) is 1. The van der Waals surface area contributed by atoms with Gasteiger partial charge < -0.3 is 15.0 Å². The third-order valence-corrected chi connectivity index (χ3v) is 2.23. The lowest BCUT2D eigenvalue weighted by Crippen LogP contribution is -2.34. The van der Waals surface area contributed by atoms with Crippen molar-refractivity contribution in [3.05, 3.63) is 18.2 Å². The van der Waals surface area contributed by atoms with E-state index in [-0.39, 0.29) is 5.97 Å². The number of ether oxygens (including phenoxy) is 1. The first-order valence-corrected chi connectivity index (χ1v) is 5.52. The molecule has 0 amide bonds. The molecule has 0 unspecified atom stereocenters. The van der Waals surface area contributed by atoms with Crippen LogP contribution in [-0.2, 0) is 23.0 Å². The summed E-state index contributed by atoms with van der Waals surface area (Å²) in [7, 11) is 1.88. The molecule has 0 saturated carbocycles. The number of hydrogen-bond acceptors (Lipinski definition) is 4. The van der Waals surface area contributed by atoms with E-state index in [1.807, 2.05) is 24.7 Å². The Balaban J connectivity index is 2.34. The zero-order valence-electron chi connectivity index (χ0n) is 9.85. The molecule has 0 radical (unpaired) electrons. The van der Waals surface area contributed by atoms with Crippen LogP contribution in [0, 0.1) is 0 Å². The summed E-state index contributed by atoms with van der Waals surface area (Å²) in [4.78, 5) is 15.6. The van der Waals surface area contributed by atoms with Gasteiger partial charge in [0.15, 0.2) is 0 Å². The molecule has 1 aromatic heterocycles. The molecule has 1 atom stereocenters. The van der Waals surface area contributed by atoms with Crippen molar-refractivity contribution in [3.63, 3.8) is 0 Å². The Morgan fingerprint density at radius 1 is 1.69 bits per heavy atom. The molecule has 5 heteroatoms. The zero-order chi connectivity index (χ0) is 12.0. The van der Waals surface area contributed by atoms with Crippen LogP contribution in [0.15, 0.2) is 12.5 Å². The van der Waals surface area contributed by atoms with Crippen molar-refractivity contribution < 1.29 is 9.53 Å². The molecule has 2 N–H and O–H groups in total. The first kappa shape index (κ1) is 12.7. The van der Waals surface area contributed by atoms with Crippen molar-refractivity contribution in [2.45, 2.75) is 32.2 Å². The van der Waals surface area contributed by atoms with E-state index in [0.29, 0.717) is 13.0 Å². The van der Waals surface area contributed by atoms with Gasteiger partial charge in [0.05, 0.1) is 18.6 Å². The molecular weight excluding hydrogens is 206 g/mol. The van der Waals surface area contributed by atoms with Crippen molar-refractivity contribution in [1.29, 1.82) is 0 Å². The molecule has 0 aliphatic rings. The summed E-state index contributed by atoms with van der Waals surface area (Å²) in [6.07, 6.45) is 5.83. The predicted octanol–water partition coefficient (Wildman–Crippen LogP) is 0.633. The summed E-state index contributed by atoms with van der Waals surface area (Å²) >= 11 is 0. The number of aromatic nitrogens is 2. The number of aryl methyl sites for hydroxylation is 1. The van der Waals surface area contributed by atoms with Crippen LogP contribution in [-0.4, -0.2) is 28.2 Å². The smallest absolute Gasteiger partial charge is 0.323 e. The van der Waals surface area contributed by atoms with Crippen molar-refractivity contribution >= 4 is 5.97 Å². The summed E-state index contributed by atoms with van der Waals surface area (Å²) in [6.45, 7) is 2.49. The summed E-state index contributed by atoms with van der Waals surface area (Å²) in [5.41, 5.74) is 6.52. The molecule has 0 fully saturated rings. The quantitative estimate of drug-likeness (QED) is 0.569. The highest BCUT2D eigenvalue weighted by Crippen LogP contribution is 2.00. The SMILES string of the molecule is CCCCOC(=O)[C@@H](N)Cc1cn(C)cn1. The van der Waals surface area contributed by atoms with Crippen molar-refractivity contribution in [2.75, 3.05) is 6.61 Å². The van der Waals surface area contributed by atoms with E-state index in [1.54, 1.807) is 6.33 Å². The molecule has 1 rings (SSSR count). The minimum absolute atomic E-state index is 0.348. The molecule has 0 spiro atoms. The van der Waals surface area contributed by atoms with Gasteiger partial charge in [-0.3, -0.25) is 4.79 Å². The van der Waals surface area contributed by atoms with Gasteiger partial charge in [0.25, 0.3) is 0 Å². The van der Waals surface area contributed by atoms with Gasteiger partial charge in [-0.15, -0.1) is 0 Å². The molecule has 1 aromatic rings. The molecule has 0 bridgehead atoms. The summed E-state index contributed by atoms with van der Waals surface area (Å²) < 4.78 is 6.85. The first-order valence-electron chi connectivity index (χ1n) is 5.52. The monoisotopic (exact) mass is 225 g/mol. The first-order chi connectivity index (χ1) is 7.63. The largest absolute Gasteiger partial charge is 0.465 e. The average molecular weight is 225 g/mol. The number of carbonyl (C=O) groups excluding carboxylic acids is 1. The number of unbranched alkanes of at least 4 members (excludes halogenated alkanes) is 1. The Morgan fingerprint density at radius 3 is 3.00 bits per heavy atom. The maximum Gasteiger partial charge on any atom is 0.323 e. The van der Waals surface area contributed by atoms with E-state index in [0.717, 1.165) is 18.5 Å². The number of nitrogens with two attached hydrogens (primary N) is 1. The zero-order valence-corrected chi connectivity index (χ0v) is 9.85. The average Bonchev–Trinajstić information content (AvgIpc) is 2.64. The normalized spacial score (nSPS) is 12.4. The van der Waals surface area contributed by atoms with Crippen LogP contribution in [0.1, 0.15) is 25.5 Å².